The summed E-state index contributed by atoms with van der Waals surface area (Å²) >= 11 is 3.37. The molecule has 1 aliphatic carbocycles. The van der Waals surface area contributed by atoms with Gasteiger partial charge in [-0.3, -0.25) is 8.78 Å². The van der Waals surface area contributed by atoms with Gasteiger partial charge in [-0.15, -0.1) is 0 Å². The first-order chi connectivity index (χ1) is 13.0. The topological polar surface area (TPSA) is 9.23 Å². The van der Waals surface area contributed by atoms with E-state index < -0.39 is 18.8 Å². The summed E-state index contributed by atoms with van der Waals surface area (Å²) in [6.45, 7) is -0.581. The number of alkyl halides is 2. The molecular formula is C22H24BrF3O. The minimum absolute atomic E-state index is 0.214. The summed E-state index contributed by atoms with van der Waals surface area (Å²) < 4.78 is 46.7. The number of halogens is 4. The van der Waals surface area contributed by atoms with E-state index in [4.69, 9.17) is 4.74 Å². The highest BCUT2D eigenvalue weighted by molar-refractivity contribution is 9.10. The second kappa shape index (κ2) is 9.13. The van der Waals surface area contributed by atoms with E-state index in [1.165, 1.54) is 6.07 Å². The third-order valence-corrected chi connectivity index (χ3v) is 6.04. The fourth-order valence-corrected chi connectivity index (χ4v) is 3.98. The van der Waals surface area contributed by atoms with Gasteiger partial charge >= 0.3 is 0 Å². The van der Waals surface area contributed by atoms with Gasteiger partial charge in [0.2, 0.25) is 0 Å². The molecule has 0 aromatic heterocycles. The Morgan fingerprint density at radius 3 is 2.30 bits per heavy atom. The summed E-state index contributed by atoms with van der Waals surface area (Å²) in [4.78, 5) is 0. The molecule has 1 aliphatic rings. The lowest BCUT2D eigenvalue weighted by Gasteiger charge is -2.35. The molecule has 27 heavy (non-hydrogen) atoms. The van der Waals surface area contributed by atoms with Crippen molar-refractivity contribution in [3.05, 3.63) is 63.9 Å². The predicted octanol–water partition coefficient (Wildman–Crippen LogP) is 6.67. The van der Waals surface area contributed by atoms with Crippen LogP contribution in [0, 0.1) is 17.2 Å². The van der Waals surface area contributed by atoms with E-state index in [0.717, 1.165) is 28.6 Å². The van der Waals surface area contributed by atoms with Gasteiger partial charge in [-0.05, 0) is 73.1 Å². The molecule has 0 unspecified atom stereocenters. The Bertz CT molecular complexity index is 734. The molecular weight excluding hydrogens is 417 g/mol. The zero-order valence-corrected chi connectivity index (χ0v) is 16.8. The summed E-state index contributed by atoms with van der Waals surface area (Å²) in [6.07, 6.45) is 3.29. The summed E-state index contributed by atoms with van der Waals surface area (Å²) in [6, 6.07) is 12.6. The number of hydrogen-bond acceptors (Lipinski definition) is 1. The van der Waals surface area contributed by atoms with E-state index in [2.05, 4.69) is 15.9 Å². The highest BCUT2D eigenvalue weighted by Gasteiger charge is 2.35. The van der Waals surface area contributed by atoms with Crippen molar-refractivity contribution < 1.29 is 17.9 Å². The normalized spacial score (nSPS) is 17.0. The maximum absolute atomic E-state index is 13.9. The molecule has 0 N–H and O–H groups in total. The first-order valence-corrected chi connectivity index (χ1v) is 10.1. The summed E-state index contributed by atoms with van der Waals surface area (Å²) in [5.74, 6) is 0.890. The van der Waals surface area contributed by atoms with Crippen LogP contribution in [-0.4, -0.2) is 20.0 Å². The van der Waals surface area contributed by atoms with Crippen molar-refractivity contribution in [1.82, 2.24) is 0 Å². The van der Waals surface area contributed by atoms with Crippen LogP contribution in [0.3, 0.4) is 0 Å². The Balaban J connectivity index is 1.50. The lowest BCUT2D eigenvalue weighted by Crippen LogP contribution is -2.33. The van der Waals surface area contributed by atoms with Crippen molar-refractivity contribution in [1.29, 1.82) is 0 Å². The van der Waals surface area contributed by atoms with Gasteiger partial charge in [0, 0.05) is 16.3 Å². The quantitative estimate of drug-likeness (QED) is 0.466. The zero-order chi connectivity index (χ0) is 19.3. The van der Waals surface area contributed by atoms with Crippen LogP contribution in [0.15, 0.2) is 46.9 Å². The fourth-order valence-electron chi connectivity index (χ4n) is 3.58. The first kappa shape index (κ1) is 20.2. The Morgan fingerprint density at radius 2 is 1.67 bits per heavy atom. The van der Waals surface area contributed by atoms with Gasteiger partial charge in [-0.25, -0.2) is 4.39 Å². The molecule has 1 saturated carbocycles. The second-order valence-corrected chi connectivity index (χ2v) is 8.49. The molecule has 1 nitrogen and oxygen atoms in total. The molecule has 5 heteroatoms. The van der Waals surface area contributed by atoms with Crippen LogP contribution in [0.2, 0.25) is 0 Å². The summed E-state index contributed by atoms with van der Waals surface area (Å²) in [5, 5.41) is 0. The van der Waals surface area contributed by atoms with Gasteiger partial charge in [-0.1, -0.05) is 28.1 Å². The van der Waals surface area contributed by atoms with Gasteiger partial charge in [0.1, 0.15) is 11.6 Å². The molecule has 0 saturated heterocycles. The van der Waals surface area contributed by atoms with Crippen molar-refractivity contribution in [3.8, 4) is 5.75 Å². The molecule has 0 aliphatic heterocycles. The van der Waals surface area contributed by atoms with Gasteiger partial charge < -0.3 is 4.74 Å². The fraction of sp³-hybridized carbons (Fsp3) is 0.455. The van der Waals surface area contributed by atoms with Gasteiger partial charge in [0.05, 0.1) is 20.0 Å². The smallest absolute Gasteiger partial charge is 0.126 e. The molecule has 3 rings (SSSR count). The maximum Gasteiger partial charge on any atom is 0.126 e. The molecule has 1 fully saturated rings. The Morgan fingerprint density at radius 1 is 1.00 bits per heavy atom. The highest BCUT2D eigenvalue weighted by atomic mass is 79.9. The van der Waals surface area contributed by atoms with Gasteiger partial charge in [-0.2, -0.15) is 0 Å². The van der Waals surface area contributed by atoms with Crippen LogP contribution >= 0.6 is 15.9 Å². The van der Waals surface area contributed by atoms with Crippen LogP contribution in [0.1, 0.15) is 36.8 Å². The average molecular weight is 441 g/mol. The van der Waals surface area contributed by atoms with Gasteiger partial charge in [0.15, 0.2) is 0 Å². The van der Waals surface area contributed by atoms with Crippen LogP contribution in [0.4, 0.5) is 13.2 Å². The van der Waals surface area contributed by atoms with Crippen LogP contribution < -0.4 is 4.74 Å². The zero-order valence-electron chi connectivity index (χ0n) is 15.2. The average Bonchev–Trinajstić information content (AvgIpc) is 2.71. The van der Waals surface area contributed by atoms with E-state index >= 15 is 0 Å². The molecule has 0 atom stereocenters. The molecule has 146 valence electrons. The molecule has 2 aromatic rings. The van der Waals surface area contributed by atoms with Crippen molar-refractivity contribution in [2.24, 2.45) is 11.3 Å². The molecule has 0 spiro atoms. The summed E-state index contributed by atoms with van der Waals surface area (Å²) in [7, 11) is 0. The van der Waals surface area contributed by atoms with E-state index in [-0.39, 0.29) is 5.82 Å². The summed E-state index contributed by atoms with van der Waals surface area (Å²) in [5.41, 5.74) is 0.900. The number of ether oxygens (including phenoxy) is 1. The van der Waals surface area contributed by atoms with Crippen molar-refractivity contribution in [2.75, 3.05) is 20.0 Å². The van der Waals surface area contributed by atoms with E-state index in [0.29, 0.717) is 37.4 Å². The Labute approximate surface area is 167 Å². The number of benzene rings is 2. The minimum atomic E-state index is -0.750. The predicted molar refractivity (Wildman–Crippen MR) is 105 cm³/mol. The third-order valence-electron chi connectivity index (χ3n) is 5.54. The SMILES string of the molecule is FCC1(CF)CCC(COc2ccc(Cc3cc(Br)ccc3F)cc2)CC1. The molecule has 2 aromatic carbocycles. The Hall–Kier alpha value is -1.49. The monoisotopic (exact) mass is 440 g/mol. The van der Waals surface area contributed by atoms with E-state index in [9.17, 15) is 13.2 Å². The van der Waals surface area contributed by atoms with E-state index in [1.807, 2.05) is 24.3 Å². The number of rotatable bonds is 7. The van der Waals surface area contributed by atoms with Crippen molar-refractivity contribution in [3.63, 3.8) is 0 Å². The first-order valence-electron chi connectivity index (χ1n) is 9.31. The van der Waals surface area contributed by atoms with Crippen LogP contribution in [-0.2, 0) is 6.42 Å². The van der Waals surface area contributed by atoms with Crippen molar-refractivity contribution >= 4 is 15.9 Å². The highest BCUT2D eigenvalue weighted by Crippen LogP contribution is 2.40. The van der Waals surface area contributed by atoms with Crippen molar-refractivity contribution in [2.45, 2.75) is 32.1 Å². The van der Waals surface area contributed by atoms with Crippen LogP contribution in [0.25, 0.3) is 0 Å². The Kier molecular flexibility index (Phi) is 6.85. The number of hydrogen-bond donors (Lipinski definition) is 0. The molecule has 0 bridgehead atoms. The second-order valence-electron chi connectivity index (χ2n) is 7.58. The maximum atomic E-state index is 13.9. The molecule has 0 radical (unpaired) electrons. The van der Waals surface area contributed by atoms with E-state index in [1.54, 1.807) is 12.1 Å². The largest absolute Gasteiger partial charge is 0.493 e. The standard InChI is InChI=1S/C22H24BrF3O/c23-19-3-6-21(26)18(12-19)11-16-1-4-20(5-2-16)27-13-17-7-9-22(14-24,15-25)10-8-17/h1-6,12,17H,7-11,13-15H2. The minimum Gasteiger partial charge on any atom is -0.493 e. The lowest BCUT2D eigenvalue weighted by molar-refractivity contribution is 0.0641. The van der Waals surface area contributed by atoms with Crippen LogP contribution in [0.5, 0.6) is 5.75 Å². The molecule has 0 amide bonds. The van der Waals surface area contributed by atoms with Gasteiger partial charge in [0.25, 0.3) is 0 Å². The third kappa shape index (κ3) is 5.28. The lowest BCUT2D eigenvalue weighted by atomic mass is 9.72. The molecule has 0 heterocycles.